The summed E-state index contributed by atoms with van der Waals surface area (Å²) < 4.78 is 2.78. The summed E-state index contributed by atoms with van der Waals surface area (Å²) in [6.07, 6.45) is 5.59. The van der Waals surface area contributed by atoms with Crippen LogP contribution in [0.1, 0.15) is 0 Å². The molecule has 2 aromatic rings. The maximum atomic E-state index is 4.56. The van der Waals surface area contributed by atoms with Crippen molar-refractivity contribution in [2.45, 2.75) is 0 Å². The Morgan fingerprint density at radius 1 is 1.11 bits per heavy atom. The van der Waals surface area contributed by atoms with E-state index >= 15 is 0 Å². The van der Waals surface area contributed by atoms with E-state index in [0.717, 1.165) is 42.3 Å². The van der Waals surface area contributed by atoms with Crippen molar-refractivity contribution in [1.82, 2.24) is 19.4 Å². The standard InChI is InChI=1S/C13H16BrN5/c1-17-4-6-18(7-5-17)13-3-2-11(8-15-13)19-9-12(14)16-10-19/h2-3,8-10H,4-7H2,1H3. The molecule has 0 atom stereocenters. The van der Waals surface area contributed by atoms with Crippen molar-refractivity contribution in [3.05, 3.63) is 35.5 Å². The highest BCUT2D eigenvalue weighted by Crippen LogP contribution is 2.16. The predicted molar refractivity (Wildman–Crippen MR) is 78.8 cm³/mol. The first kappa shape index (κ1) is 12.6. The molecule has 19 heavy (non-hydrogen) atoms. The quantitative estimate of drug-likeness (QED) is 0.845. The van der Waals surface area contributed by atoms with Gasteiger partial charge in [0, 0.05) is 32.4 Å². The number of piperazine rings is 1. The minimum atomic E-state index is 0.829. The van der Waals surface area contributed by atoms with E-state index in [4.69, 9.17) is 0 Å². The van der Waals surface area contributed by atoms with Crippen molar-refractivity contribution >= 4 is 21.7 Å². The van der Waals surface area contributed by atoms with Crippen molar-refractivity contribution in [2.75, 3.05) is 38.1 Å². The smallest absolute Gasteiger partial charge is 0.128 e. The molecule has 0 aromatic carbocycles. The summed E-state index contributed by atoms with van der Waals surface area (Å²) in [5.41, 5.74) is 1.02. The first-order valence-corrected chi connectivity index (χ1v) is 7.11. The summed E-state index contributed by atoms with van der Waals surface area (Å²) in [5, 5.41) is 0. The number of halogens is 1. The maximum Gasteiger partial charge on any atom is 0.128 e. The highest BCUT2D eigenvalue weighted by molar-refractivity contribution is 9.10. The molecular formula is C13H16BrN5. The number of likely N-dealkylation sites (N-methyl/N-ethyl adjacent to an activating group) is 1. The van der Waals surface area contributed by atoms with Crippen LogP contribution in [0.4, 0.5) is 5.82 Å². The van der Waals surface area contributed by atoms with Gasteiger partial charge >= 0.3 is 0 Å². The number of pyridine rings is 1. The fraction of sp³-hybridized carbons (Fsp3) is 0.385. The van der Waals surface area contributed by atoms with Crippen LogP contribution >= 0.6 is 15.9 Å². The Bertz CT molecular complexity index is 542. The van der Waals surface area contributed by atoms with Crippen molar-refractivity contribution in [3.63, 3.8) is 0 Å². The molecule has 0 aliphatic carbocycles. The number of nitrogens with zero attached hydrogens (tertiary/aromatic N) is 5. The highest BCUT2D eigenvalue weighted by atomic mass is 79.9. The van der Waals surface area contributed by atoms with Gasteiger partial charge in [0.05, 0.1) is 11.9 Å². The van der Waals surface area contributed by atoms with Gasteiger partial charge in [-0.2, -0.15) is 0 Å². The number of anilines is 1. The van der Waals surface area contributed by atoms with Crippen LogP contribution in [0.3, 0.4) is 0 Å². The first-order valence-electron chi connectivity index (χ1n) is 6.32. The van der Waals surface area contributed by atoms with Crippen LogP contribution in [-0.4, -0.2) is 52.7 Å². The molecule has 1 saturated heterocycles. The van der Waals surface area contributed by atoms with Crippen LogP contribution in [0.2, 0.25) is 0 Å². The zero-order chi connectivity index (χ0) is 13.2. The summed E-state index contributed by atoms with van der Waals surface area (Å²) in [4.78, 5) is 13.4. The predicted octanol–water partition coefficient (Wildman–Crippen LogP) is 1.78. The molecule has 1 aliphatic rings. The Labute approximate surface area is 121 Å². The Morgan fingerprint density at radius 3 is 2.47 bits per heavy atom. The number of imidazole rings is 1. The van der Waals surface area contributed by atoms with Gasteiger partial charge in [0.15, 0.2) is 0 Å². The van der Waals surface area contributed by atoms with Crippen LogP contribution in [0.5, 0.6) is 0 Å². The molecule has 3 rings (SSSR count). The minimum Gasteiger partial charge on any atom is -0.354 e. The van der Waals surface area contributed by atoms with Gasteiger partial charge in [0.25, 0.3) is 0 Å². The molecule has 5 nitrogen and oxygen atoms in total. The average Bonchev–Trinajstić information content (AvgIpc) is 2.87. The summed E-state index contributed by atoms with van der Waals surface area (Å²) in [7, 11) is 2.16. The zero-order valence-corrected chi connectivity index (χ0v) is 12.4. The van der Waals surface area contributed by atoms with Gasteiger partial charge in [-0.1, -0.05) is 0 Å². The van der Waals surface area contributed by atoms with E-state index in [1.54, 1.807) is 6.33 Å². The Kier molecular flexibility index (Phi) is 3.52. The van der Waals surface area contributed by atoms with Crippen molar-refractivity contribution in [1.29, 1.82) is 0 Å². The molecule has 6 heteroatoms. The molecular weight excluding hydrogens is 306 g/mol. The molecule has 0 unspecified atom stereocenters. The first-order chi connectivity index (χ1) is 9.22. The molecule has 0 spiro atoms. The average molecular weight is 322 g/mol. The topological polar surface area (TPSA) is 37.2 Å². The number of hydrogen-bond donors (Lipinski definition) is 0. The van der Waals surface area contributed by atoms with E-state index in [-0.39, 0.29) is 0 Å². The summed E-state index contributed by atoms with van der Waals surface area (Å²) in [6, 6.07) is 4.16. The van der Waals surface area contributed by atoms with E-state index in [1.807, 2.05) is 17.0 Å². The van der Waals surface area contributed by atoms with Crippen LogP contribution in [0, 0.1) is 0 Å². The van der Waals surface area contributed by atoms with Gasteiger partial charge in [-0.05, 0) is 35.1 Å². The minimum absolute atomic E-state index is 0.829. The largest absolute Gasteiger partial charge is 0.354 e. The Hall–Kier alpha value is -1.40. The Balaban J connectivity index is 1.75. The number of hydrogen-bond acceptors (Lipinski definition) is 4. The zero-order valence-electron chi connectivity index (χ0n) is 10.8. The fourth-order valence-electron chi connectivity index (χ4n) is 2.19. The second kappa shape index (κ2) is 5.30. The molecule has 100 valence electrons. The third-order valence-corrected chi connectivity index (χ3v) is 3.82. The molecule has 1 aliphatic heterocycles. The van der Waals surface area contributed by atoms with Gasteiger partial charge in [0.1, 0.15) is 16.7 Å². The van der Waals surface area contributed by atoms with Crippen molar-refractivity contribution in [2.24, 2.45) is 0 Å². The lowest BCUT2D eigenvalue weighted by Crippen LogP contribution is -2.44. The Morgan fingerprint density at radius 2 is 1.89 bits per heavy atom. The van der Waals surface area contributed by atoms with E-state index in [0.29, 0.717) is 0 Å². The van der Waals surface area contributed by atoms with Crippen molar-refractivity contribution < 1.29 is 0 Å². The van der Waals surface area contributed by atoms with Crippen LogP contribution in [0.15, 0.2) is 35.5 Å². The lowest BCUT2D eigenvalue weighted by molar-refractivity contribution is 0.312. The lowest BCUT2D eigenvalue weighted by atomic mass is 10.3. The normalized spacial score (nSPS) is 16.8. The molecule has 0 saturated carbocycles. The van der Waals surface area contributed by atoms with Gasteiger partial charge in [-0.25, -0.2) is 9.97 Å². The number of rotatable bonds is 2. The van der Waals surface area contributed by atoms with E-state index < -0.39 is 0 Å². The maximum absolute atomic E-state index is 4.56. The molecule has 0 N–H and O–H groups in total. The third kappa shape index (κ3) is 2.79. The molecule has 1 fully saturated rings. The highest BCUT2D eigenvalue weighted by Gasteiger charge is 2.14. The molecule has 3 heterocycles. The van der Waals surface area contributed by atoms with Gasteiger partial charge in [0.2, 0.25) is 0 Å². The number of aromatic nitrogens is 3. The lowest BCUT2D eigenvalue weighted by Gasteiger charge is -2.33. The van der Waals surface area contributed by atoms with Crippen LogP contribution < -0.4 is 4.90 Å². The van der Waals surface area contributed by atoms with Crippen LogP contribution in [0.25, 0.3) is 5.69 Å². The summed E-state index contributed by atoms with van der Waals surface area (Å²) in [6.45, 7) is 4.27. The fourth-order valence-corrected chi connectivity index (χ4v) is 2.51. The molecule has 0 bridgehead atoms. The summed E-state index contributed by atoms with van der Waals surface area (Å²) in [5.74, 6) is 1.05. The monoisotopic (exact) mass is 321 g/mol. The molecule has 0 amide bonds. The second-order valence-corrected chi connectivity index (χ2v) is 5.58. The van der Waals surface area contributed by atoms with Crippen molar-refractivity contribution in [3.8, 4) is 5.69 Å². The molecule has 2 aromatic heterocycles. The summed E-state index contributed by atoms with van der Waals surface area (Å²) >= 11 is 3.35. The van der Waals surface area contributed by atoms with E-state index in [2.05, 4.69) is 54.9 Å². The van der Waals surface area contributed by atoms with Crippen LogP contribution in [-0.2, 0) is 0 Å². The van der Waals surface area contributed by atoms with Gasteiger partial charge < -0.3 is 14.4 Å². The molecule has 0 radical (unpaired) electrons. The second-order valence-electron chi connectivity index (χ2n) is 4.77. The van der Waals surface area contributed by atoms with Gasteiger partial charge in [-0.15, -0.1) is 0 Å². The van der Waals surface area contributed by atoms with E-state index in [1.165, 1.54) is 0 Å². The third-order valence-electron chi connectivity index (χ3n) is 3.41. The van der Waals surface area contributed by atoms with E-state index in [9.17, 15) is 0 Å². The SMILES string of the molecule is CN1CCN(c2ccc(-n3cnc(Br)c3)cn2)CC1. The van der Waals surface area contributed by atoms with Gasteiger partial charge in [-0.3, -0.25) is 0 Å².